The molecule has 2 amide bonds. The van der Waals surface area contributed by atoms with Crippen molar-refractivity contribution in [3.63, 3.8) is 0 Å². The third kappa shape index (κ3) is 8.50. The lowest BCUT2D eigenvalue weighted by Crippen LogP contribution is -2.50. The molecule has 0 unspecified atom stereocenters. The number of sulfonamides is 1. The summed E-state index contributed by atoms with van der Waals surface area (Å²) in [5, 5.41) is 3.25. The Bertz CT molecular complexity index is 1420. The molecule has 0 aliphatic carbocycles. The van der Waals surface area contributed by atoms with Crippen LogP contribution in [0.2, 0.25) is 5.02 Å². The number of likely N-dealkylation sites (N-methyl/N-ethyl adjacent to an activating group) is 1. The van der Waals surface area contributed by atoms with Gasteiger partial charge in [0.25, 0.3) is 0 Å². The van der Waals surface area contributed by atoms with Crippen molar-refractivity contribution in [2.24, 2.45) is 0 Å². The largest absolute Gasteiger partial charge is 0.355 e. The Labute approximate surface area is 238 Å². The Hall–Kier alpha value is -3.50. The molecule has 0 saturated heterocycles. The van der Waals surface area contributed by atoms with E-state index in [-0.39, 0.29) is 49.9 Å². The summed E-state index contributed by atoms with van der Waals surface area (Å²) in [6, 6.07) is 18.3. The van der Waals surface area contributed by atoms with Gasteiger partial charge >= 0.3 is 0 Å². The van der Waals surface area contributed by atoms with Crippen molar-refractivity contribution in [1.82, 2.24) is 10.2 Å². The minimum atomic E-state index is -3.86. The van der Waals surface area contributed by atoms with Crippen molar-refractivity contribution < 1.29 is 26.8 Å². The molecule has 1 N–H and O–H groups in total. The number of rotatable bonds is 13. The quantitative estimate of drug-likeness (QED) is 0.305. The van der Waals surface area contributed by atoms with Crippen molar-refractivity contribution in [1.29, 1.82) is 0 Å². The van der Waals surface area contributed by atoms with Crippen molar-refractivity contribution in [3.05, 3.63) is 101 Å². The van der Waals surface area contributed by atoms with Crippen LogP contribution in [-0.2, 0) is 32.6 Å². The first kappa shape index (κ1) is 31.0. The molecule has 0 saturated carbocycles. The number of carbonyl (C=O) groups excluding carboxylic acids is 2. The molecular weight excluding hydrogens is 560 g/mol. The van der Waals surface area contributed by atoms with Crippen molar-refractivity contribution >= 4 is 39.1 Å². The molecule has 7 nitrogen and oxygen atoms in total. The zero-order chi connectivity index (χ0) is 29.3. The van der Waals surface area contributed by atoms with Crippen molar-refractivity contribution in [3.8, 4) is 0 Å². The average molecular weight is 592 g/mol. The van der Waals surface area contributed by atoms with Crippen LogP contribution in [-0.4, -0.2) is 50.5 Å². The molecule has 214 valence electrons. The molecule has 40 heavy (non-hydrogen) atoms. The van der Waals surface area contributed by atoms with E-state index in [4.69, 9.17) is 11.6 Å². The molecule has 11 heteroatoms. The van der Waals surface area contributed by atoms with Gasteiger partial charge in [-0.15, -0.1) is 0 Å². The summed E-state index contributed by atoms with van der Waals surface area (Å²) >= 11 is 6.40. The summed E-state index contributed by atoms with van der Waals surface area (Å²) in [5.74, 6) is -2.99. The van der Waals surface area contributed by atoms with Gasteiger partial charge in [-0.05, 0) is 42.7 Å². The number of halogens is 3. The second kappa shape index (κ2) is 14.2. The molecule has 1 atom stereocenters. The lowest BCUT2D eigenvalue weighted by atomic mass is 10.0. The van der Waals surface area contributed by atoms with Crippen LogP contribution in [0.25, 0.3) is 0 Å². The van der Waals surface area contributed by atoms with E-state index in [9.17, 15) is 26.8 Å². The first-order chi connectivity index (χ1) is 19.0. The maximum atomic E-state index is 13.8. The minimum Gasteiger partial charge on any atom is -0.355 e. The van der Waals surface area contributed by atoms with Crippen molar-refractivity contribution in [2.45, 2.75) is 38.8 Å². The summed E-state index contributed by atoms with van der Waals surface area (Å²) in [6.07, 6.45) is 1.17. The number of hydrogen-bond donors (Lipinski definition) is 1. The third-order valence-electron chi connectivity index (χ3n) is 6.26. The molecule has 0 heterocycles. The van der Waals surface area contributed by atoms with Gasteiger partial charge in [0.2, 0.25) is 21.8 Å². The fraction of sp³-hybridized carbons (Fsp3) is 0.310. The van der Waals surface area contributed by atoms with Crippen LogP contribution in [0.5, 0.6) is 0 Å². The molecule has 0 aromatic heterocycles. The van der Waals surface area contributed by atoms with E-state index in [0.717, 1.165) is 34.3 Å². The van der Waals surface area contributed by atoms with E-state index in [2.05, 4.69) is 5.32 Å². The third-order valence-corrected chi connectivity index (χ3v) is 7.83. The number of anilines is 1. The van der Waals surface area contributed by atoms with Gasteiger partial charge in [0.15, 0.2) is 11.6 Å². The van der Waals surface area contributed by atoms with Crippen LogP contribution in [0.15, 0.2) is 72.8 Å². The maximum Gasteiger partial charge on any atom is 0.243 e. The Morgan fingerprint density at radius 2 is 1.65 bits per heavy atom. The molecule has 3 aromatic carbocycles. The van der Waals surface area contributed by atoms with Crippen LogP contribution >= 0.6 is 11.6 Å². The molecule has 3 aromatic rings. The van der Waals surface area contributed by atoms with Gasteiger partial charge in [-0.2, -0.15) is 0 Å². The first-order valence-electron chi connectivity index (χ1n) is 12.8. The summed E-state index contributed by atoms with van der Waals surface area (Å²) in [7, 11) is -3.86. The standard InChI is InChI=1S/C29H32ClF2N3O4S/c1-3-33-29(37)27(18-21-10-5-4-6-11-21)34(20-22-12-7-8-13-24(22)30)28(36)14-9-17-35(40(2,38)39)23-15-16-25(31)26(32)19-23/h4-8,10-13,15-16,19,27H,3,9,14,17-18,20H2,1-2H3,(H,33,37)/t27-/m1/s1. The lowest BCUT2D eigenvalue weighted by molar-refractivity contribution is -0.141. The second-order valence-corrected chi connectivity index (χ2v) is 11.6. The van der Waals surface area contributed by atoms with Crippen LogP contribution in [0.1, 0.15) is 30.9 Å². The van der Waals surface area contributed by atoms with Crippen molar-refractivity contribution in [2.75, 3.05) is 23.7 Å². The Morgan fingerprint density at radius 3 is 2.27 bits per heavy atom. The van der Waals surface area contributed by atoms with E-state index in [0.29, 0.717) is 17.1 Å². The normalized spacial score (nSPS) is 12.0. The van der Waals surface area contributed by atoms with Crippen LogP contribution in [0, 0.1) is 11.6 Å². The monoisotopic (exact) mass is 591 g/mol. The highest BCUT2D eigenvalue weighted by Gasteiger charge is 2.30. The highest BCUT2D eigenvalue weighted by Crippen LogP contribution is 2.23. The Balaban J connectivity index is 1.87. The average Bonchev–Trinajstić information content (AvgIpc) is 2.91. The van der Waals surface area contributed by atoms with Gasteiger partial charge in [0.1, 0.15) is 6.04 Å². The maximum absolute atomic E-state index is 13.8. The van der Waals surface area contributed by atoms with Gasteiger partial charge in [-0.1, -0.05) is 60.1 Å². The molecule has 0 aliphatic heterocycles. The zero-order valence-electron chi connectivity index (χ0n) is 22.3. The first-order valence-corrected chi connectivity index (χ1v) is 15.0. The van der Waals surface area contributed by atoms with Gasteiger partial charge in [0.05, 0.1) is 11.9 Å². The van der Waals surface area contributed by atoms with E-state index in [1.54, 1.807) is 31.2 Å². The SMILES string of the molecule is CCNC(=O)[C@@H](Cc1ccccc1)N(Cc1ccccc1Cl)C(=O)CCCN(c1ccc(F)c(F)c1)S(C)(=O)=O. The molecule has 0 fully saturated rings. The summed E-state index contributed by atoms with van der Waals surface area (Å²) in [5.41, 5.74) is 1.46. The molecule has 0 aliphatic rings. The van der Waals surface area contributed by atoms with E-state index < -0.39 is 27.7 Å². The zero-order valence-corrected chi connectivity index (χ0v) is 23.9. The van der Waals surface area contributed by atoms with Gasteiger partial charge < -0.3 is 10.2 Å². The van der Waals surface area contributed by atoms with E-state index in [1.807, 2.05) is 30.3 Å². The smallest absolute Gasteiger partial charge is 0.243 e. The molecule has 3 rings (SSSR count). The van der Waals surface area contributed by atoms with E-state index >= 15 is 0 Å². The molecular formula is C29H32ClF2N3O4S. The van der Waals surface area contributed by atoms with Gasteiger partial charge in [-0.3, -0.25) is 13.9 Å². The van der Waals surface area contributed by atoms with Gasteiger partial charge in [0, 0.05) is 43.6 Å². The van der Waals surface area contributed by atoms with Crippen LogP contribution in [0.4, 0.5) is 14.5 Å². The van der Waals surface area contributed by atoms with Gasteiger partial charge in [-0.25, -0.2) is 17.2 Å². The topological polar surface area (TPSA) is 86.8 Å². The van der Waals surface area contributed by atoms with Crippen LogP contribution in [0.3, 0.4) is 0 Å². The Morgan fingerprint density at radius 1 is 0.975 bits per heavy atom. The number of nitrogens with one attached hydrogen (secondary N) is 1. The fourth-order valence-electron chi connectivity index (χ4n) is 4.30. The van der Waals surface area contributed by atoms with Crippen LogP contribution < -0.4 is 9.62 Å². The lowest BCUT2D eigenvalue weighted by Gasteiger charge is -2.32. The number of nitrogens with zero attached hydrogens (tertiary/aromatic N) is 2. The number of benzene rings is 3. The predicted molar refractivity (Wildman–Crippen MR) is 152 cm³/mol. The summed E-state index contributed by atoms with van der Waals surface area (Å²) in [6.45, 7) is 2.07. The number of amides is 2. The van der Waals surface area contributed by atoms with E-state index in [1.165, 1.54) is 4.90 Å². The number of hydrogen-bond acceptors (Lipinski definition) is 4. The minimum absolute atomic E-state index is 0.0500. The molecule has 0 spiro atoms. The molecule has 0 radical (unpaired) electrons. The second-order valence-electron chi connectivity index (χ2n) is 9.25. The fourth-order valence-corrected chi connectivity index (χ4v) is 5.45. The highest BCUT2D eigenvalue weighted by atomic mass is 35.5. The summed E-state index contributed by atoms with van der Waals surface area (Å²) in [4.78, 5) is 28.4. The number of carbonyl (C=O) groups is 2. The molecule has 0 bridgehead atoms. The Kier molecular flexibility index (Phi) is 11.0. The predicted octanol–water partition coefficient (Wildman–Crippen LogP) is 4.94. The highest BCUT2D eigenvalue weighted by molar-refractivity contribution is 7.92. The summed E-state index contributed by atoms with van der Waals surface area (Å²) < 4.78 is 53.0.